The van der Waals surface area contributed by atoms with Crippen molar-refractivity contribution in [3.8, 4) is 17.0 Å². The zero-order chi connectivity index (χ0) is 13.4. The third-order valence-corrected chi connectivity index (χ3v) is 3.66. The summed E-state index contributed by atoms with van der Waals surface area (Å²) in [5.74, 6) is 1.63. The van der Waals surface area contributed by atoms with Gasteiger partial charge in [0.15, 0.2) is 11.6 Å². The molecule has 0 amide bonds. The Balaban J connectivity index is 1.81. The lowest BCUT2D eigenvalue weighted by atomic mass is 10.1. The third-order valence-electron chi connectivity index (χ3n) is 3.66. The molecule has 102 valence electrons. The van der Waals surface area contributed by atoms with Crippen LogP contribution >= 0.6 is 0 Å². The summed E-state index contributed by atoms with van der Waals surface area (Å²) in [4.78, 5) is 15.1. The van der Waals surface area contributed by atoms with Gasteiger partial charge in [0.05, 0.1) is 19.3 Å². The Morgan fingerprint density at radius 2 is 2.05 bits per heavy atom. The molecule has 4 rings (SSSR count). The highest BCUT2D eigenvalue weighted by Crippen LogP contribution is 2.39. The van der Waals surface area contributed by atoms with Crippen LogP contribution < -0.4 is 9.64 Å². The normalized spacial score (nSPS) is 20.8. The van der Waals surface area contributed by atoms with Gasteiger partial charge in [0, 0.05) is 24.5 Å². The van der Waals surface area contributed by atoms with Crippen LogP contribution in [-0.4, -0.2) is 47.4 Å². The van der Waals surface area contributed by atoms with Crippen molar-refractivity contribution in [1.29, 1.82) is 0 Å². The van der Waals surface area contributed by atoms with Crippen LogP contribution in [0.2, 0.25) is 0 Å². The van der Waals surface area contributed by atoms with E-state index in [1.807, 2.05) is 12.1 Å². The van der Waals surface area contributed by atoms with E-state index < -0.39 is 0 Å². The van der Waals surface area contributed by atoms with Crippen molar-refractivity contribution in [2.45, 2.75) is 6.04 Å². The van der Waals surface area contributed by atoms with Crippen molar-refractivity contribution in [3.63, 3.8) is 0 Å². The van der Waals surface area contributed by atoms with E-state index in [1.54, 1.807) is 18.7 Å². The molecule has 2 aliphatic rings. The number of pyridine rings is 1. The van der Waals surface area contributed by atoms with Gasteiger partial charge in [-0.25, -0.2) is 9.97 Å². The Hall–Kier alpha value is -2.21. The second-order valence-electron chi connectivity index (χ2n) is 4.84. The van der Waals surface area contributed by atoms with E-state index in [4.69, 9.17) is 9.47 Å². The number of aromatic nitrogens is 3. The van der Waals surface area contributed by atoms with Crippen LogP contribution in [-0.2, 0) is 4.74 Å². The molecule has 2 aliphatic heterocycles. The lowest BCUT2D eigenvalue weighted by molar-refractivity contribution is 0.0697. The summed E-state index contributed by atoms with van der Waals surface area (Å²) >= 11 is 0. The standard InChI is InChI=1S/C14H14N4O2/c1-3-15-4-2-10(1)12-13-14(17-9-16-12)18-5-6-19-7-11(18)8-20-13/h1-4,9,11H,5-8H2. The van der Waals surface area contributed by atoms with Crippen LogP contribution in [0.3, 0.4) is 0 Å². The molecule has 1 saturated heterocycles. The fourth-order valence-corrected chi connectivity index (χ4v) is 2.67. The molecule has 6 heteroatoms. The zero-order valence-corrected chi connectivity index (χ0v) is 10.9. The van der Waals surface area contributed by atoms with E-state index in [0.29, 0.717) is 13.2 Å². The Kier molecular flexibility index (Phi) is 2.74. The highest BCUT2D eigenvalue weighted by Gasteiger charge is 2.33. The highest BCUT2D eigenvalue weighted by molar-refractivity contribution is 5.73. The molecule has 0 aliphatic carbocycles. The quantitative estimate of drug-likeness (QED) is 0.774. The average Bonchev–Trinajstić information content (AvgIpc) is 2.55. The largest absolute Gasteiger partial charge is 0.485 e. The Morgan fingerprint density at radius 3 is 2.95 bits per heavy atom. The molecule has 1 unspecified atom stereocenters. The second kappa shape index (κ2) is 4.72. The smallest absolute Gasteiger partial charge is 0.188 e. The van der Waals surface area contributed by atoms with Crippen LogP contribution in [0.15, 0.2) is 30.9 Å². The minimum absolute atomic E-state index is 0.247. The average molecular weight is 270 g/mol. The number of anilines is 1. The van der Waals surface area contributed by atoms with Crippen LogP contribution in [0.1, 0.15) is 0 Å². The summed E-state index contributed by atoms with van der Waals surface area (Å²) < 4.78 is 11.4. The molecule has 4 heterocycles. The number of fused-ring (bicyclic) bond motifs is 3. The molecule has 20 heavy (non-hydrogen) atoms. The molecule has 0 spiro atoms. The summed E-state index contributed by atoms with van der Waals surface area (Å²) in [5, 5.41) is 0. The monoisotopic (exact) mass is 270 g/mol. The molecule has 0 N–H and O–H groups in total. The minimum Gasteiger partial charge on any atom is -0.485 e. The van der Waals surface area contributed by atoms with Crippen molar-refractivity contribution in [2.75, 3.05) is 31.3 Å². The van der Waals surface area contributed by atoms with Gasteiger partial charge in [-0.3, -0.25) is 4.98 Å². The number of hydrogen-bond donors (Lipinski definition) is 0. The molecule has 2 aromatic heterocycles. The van der Waals surface area contributed by atoms with Gasteiger partial charge in [-0.1, -0.05) is 0 Å². The van der Waals surface area contributed by atoms with Crippen LogP contribution in [0.4, 0.5) is 5.82 Å². The zero-order valence-electron chi connectivity index (χ0n) is 10.9. The van der Waals surface area contributed by atoms with Gasteiger partial charge in [0.1, 0.15) is 18.6 Å². The molecule has 0 radical (unpaired) electrons. The predicted molar refractivity (Wildman–Crippen MR) is 72.7 cm³/mol. The summed E-state index contributed by atoms with van der Waals surface area (Å²) in [7, 11) is 0. The van der Waals surface area contributed by atoms with Gasteiger partial charge in [-0.15, -0.1) is 0 Å². The number of hydrogen-bond acceptors (Lipinski definition) is 6. The van der Waals surface area contributed by atoms with Crippen LogP contribution in [0.25, 0.3) is 11.3 Å². The van der Waals surface area contributed by atoms with Crippen molar-refractivity contribution in [1.82, 2.24) is 15.0 Å². The maximum atomic E-state index is 5.91. The molecule has 1 fully saturated rings. The van der Waals surface area contributed by atoms with Gasteiger partial charge in [-0.2, -0.15) is 0 Å². The molecule has 6 nitrogen and oxygen atoms in total. The van der Waals surface area contributed by atoms with E-state index in [2.05, 4.69) is 19.9 Å². The van der Waals surface area contributed by atoms with E-state index in [-0.39, 0.29) is 6.04 Å². The maximum Gasteiger partial charge on any atom is 0.188 e. The summed E-state index contributed by atoms with van der Waals surface area (Å²) in [5.41, 5.74) is 1.81. The number of morpholine rings is 1. The van der Waals surface area contributed by atoms with Gasteiger partial charge in [0.25, 0.3) is 0 Å². The SMILES string of the molecule is c1cc(-c2ncnc3c2OCC2COCCN32)ccn1. The minimum atomic E-state index is 0.247. The fraction of sp³-hybridized carbons (Fsp3) is 0.357. The Labute approximate surface area is 116 Å². The Bertz CT molecular complexity index is 620. The van der Waals surface area contributed by atoms with Gasteiger partial charge in [-0.05, 0) is 12.1 Å². The second-order valence-corrected chi connectivity index (χ2v) is 4.84. The van der Waals surface area contributed by atoms with Crippen molar-refractivity contribution < 1.29 is 9.47 Å². The first kappa shape index (κ1) is 11.6. The predicted octanol–water partition coefficient (Wildman–Crippen LogP) is 1.14. The third kappa shape index (κ3) is 1.80. The molecule has 2 aromatic rings. The molecule has 0 bridgehead atoms. The number of ether oxygens (including phenoxy) is 2. The summed E-state index contributed by atoms with van der Waals surface area (Å²) in [6.07, 6.45) is 5.10. The van der Waals surface area contributed by atoms with E-state index in [1.165, 1.54) is 0 Å². The maximum absolute atomic E-state index is 5.91. The number of nitrogens with zero attached hydrogens (tertiary/aromatic N) is 4. The van der Waals surface area contributed by atoms with Gasteiger partial charge < -0.3 is 14.4 Å². The van der Waals surface area contributed by atoms with Gasteiger partial charge >= 0.3 is 0 Å². The van der Waals surface area contributed by atoms with E-state index in [0.717, 1.165) is 36.0 Å². The fourth-order valence-electron chi connectivity index (χ4n) is 2.67. The Morgan fingerprint density at radius 1 is 1.15 bits per heavy atom. The summed E-state index contributed by atoms with van der Waals surface area (Å²) in [6.45, 7) is 2.87. The first-order valence-corrected chi connectivity index (χ1v) is 6.66. The lowest BCUT2D eigenvalue weighted by Crippen LogP contribution is -2.51. The number of rotatable bonds is 1. The first-order valence-electron chi connectivity index (χ1n) is 6.66. The lowest BCUT2D eigenvalue weighted by Gasteiger charge is -2.40. The highest BCUT2D eigenvalue weighted by atomic mass is 16.5. The molecule has 0 aromatic carbocycles. The topological polar surface area (TPSA) is 60.4 Å². The van der Waals surface area contributed by atoms with Gasteiger partial charge in [0.2, 0.25) is 0 Å². The van der Waals surface area contributed by atoms with Crippen molar-refractivity contribution in [3.05, 3.63) is 30.9 Å². The van der Waals surface area contributed by atoms with Crippen molar-refractivity contribution in [2.24, 2.45) is 0 Å². The molecular formula is C14H14N4O2. The van der Waals surface area contributed by atoms with Crippen LogP contribution in [0, 0.1) is 0 Å². The van der Waals surface area contributed by atoms with Crippen molar-refractivity contribution >= 4 is 5.82 Å². The summed E-state index contributed by atoms with van der Waals surface area (Å²) in [6, 6.07) is 4.10. The van der Waals surface area contributed by atoms with E-state index in [9.17, 15) is 0 Å². The van der Waals surface area contributed by atoms with E-state index >= 15 is 0 Å². The molecule has 1 atom stereocenters. The molecular weight excluding hydrogens is 256 g/mol. The molecule has 0 saturated carbocycles. The first-order chi connectivity index (χ1) is 9.93. The van der Waals surface area contributed by atoms with Crippen LogP contribution in [0.5, 0.6) is 5.75 Å².